The van der Waals surface area contributed by atoms with Crippen LogP contribution < -0.4 is 0 Å². The minimum absolute atomic E-state index is 0.0960. The maximum absolute atomic E-state index is 13.8. The molecule has 0 saturated heterocycles. The van der Waals surface area contributed by atoms with E-state index in [1.54, 1.807) is 17.0 Å². The van der Waals surface area contributed by atoms with Crippen LogP contribution in [0.3, 0.4) is 0 Å². The molecule has 1 amide bonds. The van der Waals surface area contributed by atoms with Crippen LogP contribution in [-0.4, -0.2) is 48.6 Å². The minimum Gasteiger partial charge on any atom is -0.380 e. The molecule has 0 bridgehead atoms. The topological polar surface area (TPSA) is 59.0 Å². The largest absolute Gasteiger partial charge is 0.380 e. The number of amides is 1. The smallest absolute Gasteiger partial charge is 0.252 e. The van der Waals surface area contributed by atoms with Crippen molar-refractivity contribution in [1.29, 1.82) is 0 Å². The molecule has 7 heteroatoms. The van der Waals surface area contributed by atoms with Gasteiger partial charge in [-0.3, -0.25) is 14.6 Å². The highest BCUT2D eigenvalue weighted by molar-refractivity contribution is 9.10. The molecule has 0 radical (unpaired) electrons. The fourth-order valence-corrected chi connectivity index (χ4v) is 4.79. The van der Waals surface area contributed by atoms with E-state index in [1.807, 2.05) is 6.92 Å². The molecule has 1 unspecified atom stereocenters. The van der Waals surface area contributed by atoms with Crippen LogP contribution in [0.15, 0.2) is 38.9 Å². The maximum Gasteiger partial charge on any atom is 0.252 e. The lowest BCUT2D eigenvalue weighted by molar-refractivity contribution is -0.126. The monoisotopic (exact) mass is 448 g/mol. The van der Waals surface area contributed by atoms with Gasteiger partial charge in [-0.25, -0.2) is 4.39 Å². The van der Waals surface area contributed by atoms with Crippen molar-refractivity contribution >= 4 is 33.3 Å². The molecule has 1 fully saturated rings. The Labute approximate surface area is 171 Å². The third kappa shape index (κ3) is 3.35. The van der Waals surface area contributed by atoms with Crippen molar-refractivity contribution < 1.29 is 18.7 Å². The molecule has 28 heavy (non-hydrogen) atoms. The second kappa shape index (κ2) is 7.87. The zero-order chi connectivity index (χ0) is 19.8. The molecular formula is C21H22BrFN2O3. The lowest BCUT2D eigenvalue weighted by atomic mass is 9.69. The van der Waals surface area contributed by atoms with Crippen molar-refractivity contribution in [2.45, 2.75) is 32.1 Å². The lowest BCUT2D eigenvalue weighted by Crippen LogP contribution is -2.39. The van der Waals surface area contributed by atoms with Crippen LogP contribution in [-0.2, 0) is 14.3 Å². The molecule has 1 saturated carbocycles. The van der Waals surface area contributed by atoms with Gasteiger partial charge in [0.15, 0.2) is 0 Å². The third-order valence-corrected chi connectivity index (χ3v) is 6.27. The quantitative estimate of drug-likeness (QED) is 0.646. The molecule has 2 aliphatic heterocycles. The van der Waals surface area contributed by atoms with Crippen LogP contribution in [0.1, 0.15) is 37.7 Å². The Bertz CT molecular complexity index is 896. The Kier molecular flexibility index (Phi) is 5.47. The summed E-state index contributed by atoms with van der Waals surface area (Å²) in [5, 5.41) is 0. The number of halogens is 2. The number of aliphatic imine (C=N–C) groups is 1. The number of ether oxygens (including phenoxy) is 1. The standard InChI is InChI=1S/C21H22BrFN2O3/c1-2-28-9-8-25-11-16-20(21(25)27)18(12-6-7-14(23)13(22)10-12)19-15(24-16)4-3-5-17(19)26/h6-7,10,18-19H,2-5,8-9,11H2,1H3/t18-,19?/m1/s1. The SMILES string of the molecule is CCOCCN1CC2=C(C1=O)[C@H](c1ccc(F)c(Br)c1)C1C(=O)CCCC1=N2. The van der Waals surface area contributed by atoms with Crippen molar-refractivity contribution in [3.05, 3.63) is 45.3 Å². The van der Waals surface area contributed by atoms with Gasteiger partial charge in [0.1, 0.15) is 11.6 Å². The Morgan fingerprint density at radius 2 is 2.11 bits per heavy atom. The highest BCUT2D eigenvalue weighted by Gasteiger charge is 2.47. The first kappa shape index (κ1) is 19.5. The van der Waals surface area contributed by atoms with Crippen LogP contribution in [0.5, 0.6) is 0 Å². The Hall–Kier alpha value is -1.86. The first-order chi connectivity index (χ1) is 13.5. The van der Waals surface area contributed by atoms with E-state index in [9.17, 15) is 14.0 Å². The van der Waals surface area contributed by atoms with Crippen LogP contribution >= 0.6 is 15.9 Å². The summed E-state index contributed by atoms with van der Waals surface area (Å²) in [7, 11) is 0. The van der Waals surface area contributed by atoms with Crippen LogP contribution in [0.2, 0.25) is 0 Å². The van der Waals surface area contributed by atoms with Crippen molar-refractivity contribution in [2.24, 2.45) is 10.9 Å². The normalized spacial score (nSPS) is 24.4. The molecule has 2 heterocycles. The van der Waals surface area contributed by atoms with E-state index in [0.717, 1.165) is 29.8 Å². The number of ketones is 1. The van der Waals surface area contributed by atoms with Crippen LogP contribution in [0.25, 0.3) is 0 Å². The summed E-state index contributed by atoms with van der Waals surface area (Å²) in [6, 6.07) is 4.74. The highest BCUT2D eigenvalue weighted by Crippen LogP contribution is 2.46. The second-order valence-electron chi connectivity index (χ2n) is 7.34. The van der Waals surface area contributed by atoms with E-state index in [4.69, 9.17) is 9.73 Å². The number of benzene rings is 1. The fraction of sp³-hybridized carbons (Fsp3) is 0.476. The average molecular weight is 449 g/mol. The summed E-state index contributed by atoms with van der Waals surface area (Å²) in [6.45, 7) is 3.90. The molecule has 1 aliphatic carbocycles. The van der Waals surface area contributed by atoms with E-state index in [-0.39, 0.29) is 17.5 Å². The lowest BCUT2D eigenvalue weighted by Gasteiger charge is -2.34. The summed E-state index contributed by atoms with van der Waals surface area (Å²) >= 11 is 3.24. The van der Waals surface area contributed by atoms with E-state index >= 15 is 0 Å². The van der Waals surface area contributed by atoms with Gasteiger partial charge in [-0.15, -0.1) is 0 Å². The molecule has 3 aliphatic rings. The van der Waals surface area contributed by atoms with Crippen molar-refractivity contribution in [3.63, 3.8) is 0 Å². The minimum atomic E-state index is -0.430. The molecule has 0 aromatic heterocycles. The Morgan fingerprint density at radius 3 is 2.86 bits per heavy atom. The van der Waals surface area contributed by atoms with Gasteiger partial charge in [-0.05, 0) is 53.4 Å². The van der Waals surface area contributed by atoms with Gasteiger partial charge in [0.05, 0.1) is 29.2 Å². The number of fused-ring (bicyclic) bond motifs is 1. The van der Waals surface area contributed by atoms with Gasteiger partial charge in [0.25, 0.3) is 5.91 Å². The number of Topliss-reactive ketones (excluding diaryl/α,β-unsaturated/α-hetero) is 1. The molecule has 4 rings (SSSR count). The van der Waals surface area contributed by atoms with E-state index in [1.165, 1.54) is 6.07 Å². The van der Waals surface area contributed by atoms with Gasteiger partial charge < -0.3 is 9.64 Å². The highest BCUT2D eigenvalue weighted by atomic mass is 79.9. The van der Waals surface area contributed by atoms with Gasteiger partial charge >= 0.3 is 0 Å². The Balaban J connectivity index is 1.75. The first-order valence-corrected chi connectivity index (χ1v) is 10.5. The molecule has 0 spiro atoms. The van der Waals surface area contributed by atoms with E-state index in [0.29, 0.717) is 42.8 Å². The zero-order valence-electron chi connectivity index (χ0n) is 15.7. The van der Waals surface area contributed by atoms with Crippen LogP contribution in [0.4, 0.5) is 4.39 Å². The summed E-state index contributed by atoms with van der Waals surface area (Å²) in [5.74, 6) is -1.19. The first-order valence-electron chi connectivity index (χ1n) is 9.66. The number of rotatable bonds is 5. The summed E-state index contributed by atoms with van der Waals surface area (Å²) in [6.07, 6.45) is 2.05. The van der Waals surface area contributed by atoms with Gasteiger partial charge in [-0.1, -0.05) is 6.07 Å². The zero-order valence-corrected chi connectivity index (χ0v) is 17.3. The number of carbonyl (C=O) groups is 2. The molecule has 148 valence electrons. The fourth-order valence-electron chi connectivity index (χ4n) is 4.39. The molecule has 5 nitrogen and oxygen atoms in total. The molecule has 1 aromatic rings. The Morgan fingerprint density at radius 1 is 1.29 bits per heavy atom. The predicted octanol–water partition coefficient (Wildman–Crippen LogP) is 3.63. The number of hydrogen-bond acceptors (Lipinski definition) is 4. The molecule has 1 aromatic carbocycles. The molecule has 0 N–H and O–H groups in total. The van der Waals surface area contributed by atoms with Crippen molar-refractivity contribution in [2.75, 3.05) is 26.3 Å². The number of hydrogen-bond donors (Lipinski definition) is 0. The average Bonchev–Trinajstić information content (AvgIpc) is 2.98. The summed E-state index contributed by atoms with van der Waals surface area (Å²) < 4.78 is 19.5. The van der Waals surface area contributed by atoms with Crippen molar-refractivity contribution in [1.82, 2.24) is 4.90 Å². The van der Waals surface area contributed by atoms with E-state index in [2.05, 4.69) is 15.9 Å². The molecular weight excluding hydrogens is 427 g/mol. The molecule has 2 atom stereocenters. The van der Waals surface area contributed by atoms with Gasteiger partial charge in [0.2, 0.25) is 0 Å². The summed E-state index contributed by atoms with van der Waals surface area (Å²) in [5.41, 5.74) is 2.96. The van der Waals surface area contributed by atoms with Gasteiger partial charge in [-0.2, -0.15) is 0 Å². The predicted molar refractivity (Wildman–Crippen MR) is 107 cm³/mol. The van der Waals surface area contributed by atoms with Crippen molar-refractivity contribution in [3.8, 4) is 0 Å². The number of carbonyl (C=O) groups excluding carboxylic acids is 2. The second-order valence-corrected chi connectivity index (χ2v) is 8.19. The maximum atomic E-state index is 13.8. The number of nitrogens with zero attached hydrogens (tertiary/aromatic N) is 2. The van der Waals surface area contributed by atoms with Crippen LogP contribution in [0, 0.1) is 11.7 Å². The van der Waals surface area contributed by atoms with E-state index < -0.39 is 11.8 Å². The third-order valence-electron chi connectivity index (χ3n) is 5.67. The van der Waals surface area contributed by atoms with Gasteiger partial charge in [0, 0.05) is 36.8 Å². The summed E-state index contributed by atoms with van der Waals surface area (Å²) in [4.78, 5) is 32.5.